The largest absolute Gasteiger partial charge is 0.462 e. The number of carbonyl (C=O) groups excluding carboxylic acids is 1. The molecule has 0 aliphatic rings. The third-order valence-corrected chi connectivity index (χ3v) is 5.76. The van der Waals surface area contributed by atoms with Crippen molar-refractivity contribution in [1.29, 1.82) is 0 Å². The molecule has 2 aromatic heterocycles. The van der Waals surface area contributed by atoms with Gasteiger partial charge >= 0.3 is 5.97 Å². The first-order valence-corrected chi connectivity index (χ1v) is 11.1. The monoisotopic (exact) mass is 568 g/mol. The molecular weight excluding hydrogens is 539 g/mol. The standard InChI is InChI=1S/C22H28N6O2S.HI/c1-5-23-22(24-14-17-9-7-10-18(13-17)28-12-8-11-25-28)27-16(4)20-26-15(3)19(31-20)21(29)30-6-2;/h7-13,16H,5-6,14H2,1-4H3,(H2,23,24,27);1H. The van der Waals surface area contributed by atoms with Gasteiger partial charge in [0.25, 0.3) is 0 Å². The smallest absolute Gasteiger partial charge is 0.350 e. The first kappa shape index (κ1) is 25.8. The fraction of sp³-hybridized carbons (Fsp3) is 0.364. The molecule has 0 aliphatic carbocycles. The molecule has 0 saturated heterocycles. The molecule has 2 N–H and O–H groups in total. The second kappa shape index (κ2) is 12.5. The van der Waals surface area contributed by atoms with Gasteiger partial charge in [-0.05, 0) is 51.5 Å². The number of nitrogens with one attached hydrogen (secondary N) is 2. The summed E-state index contributed by atoms with van der Waals surface area (Å²) >= 11 is 1.35. The van der Waals surface area contributed by atoms with E-state index in [9.17, 15) is 4.79 Å². The van der Waals surface area contributed by atoms with Crippen molar-refractivity contribution in [2.45, 2.75) is 40.3 Å². The van der Waals surface area contributed by atoms with Crippen LogP contribution in [0.15, 0.2) is 47.7 Å². The number of carbonyl (C=O) groups is 1. The van der Waals surface area contributed by atoms with E-state index >= 15 is 0 Å². The van der Waals surface area contributed by atoms with Crippen LogP contribution in [0.3, 0.4) is 0 Å². The highest BCUT2D eigenvalue weighted by atomic mass is 127. The summed E-state index contributed by atoms with van der Waals surface area (Å²) in [5.74, 6) is 0.360. The van der Waals surface area contributed by atoms with Crippen molar-refractivity contribution >= 4 is 47.2 Å². The lowest BCUT2D eigenvalue weighted by Gasteiger charge is -2.16. The van der Waals surface area contributed by atoms with Crippen LogP contribution in [0.1, 0.15) is 52.7 Å². The number of hydrogen-bond acceptors (Lipinski definition) is 6. The van der Waals surface area contributed by atoms with Crippen molar-refractivity contribution in [3.05, 3.63) is 63.9 Å². The average molecular weight is 568 g/mol. The van der Waals surface area contributed by atoms with Crippen LogP contribution in [0.4, 0.5) is 0 Å². The van der Waals surface area contributed by atoms with Gasteiger partial charge in [0.15, 0.2) is 5.96 Å². The third kappa shape index (κ3) is 6.76. The molecule has 0 amide bonds. The Morgan fingerprint density at radius 2 is 2.12 bits per heavy atom. The van der Waals surface area contributed by atoms with Gasteiger partial charge in [-0.1, -0.05) is 12.1 Å². The number of esters is 1. The predicted molar refractivity (Wildman–Crippen MR) is 138 cm³/mol. The molecule has 10 heteroatoms. The van der Waals surface area contributed by atoms with E-state index in [0.29, 0.717) is 29.7 Å². The minimum absolute atomic E-state index is 0. The summed E-state index contributed by atoms with van der Waals surface area (Å²) in [6, 6.07) is 9.91. The Morgan fingerprint density at radius 1 is 1.31 bits per heavy atom. The van der Waals surface area contributed by atoms with Crippen molar-refractivity contribution in [2.75, 3.05) is 13.2 Å². The maximum atomic E-state index is 12.1. The molecule has 8 nitrogen and oxygen atoms in total. The van der Waals surface area contributed by atoms with Crippen LogP contribution >= 0.6 is 35.3 Å². The van der Waals surface area contributed by atoms with E-state index in [0.717, 1.165) is 22.8 Å². The van der Waals surface area contributed by atoms with Gasteiger partial charge in [0.1, 0.15) is 9.88 Å². The second-order valence-corrected chi connectivity index (χ2v) is 7.90. The fourth-order valence-electron chi connectivity index (χ4n) is 2.96. The number of benzene rings is 1. The van der Waals surface area contributed by atoms with Crippen LogP contribution in [0, 0.1) is 6.92 Å². The van der Waals surface area contributed by atoms with Crippen LogP contribution in [0.5, 0.6) is 0 Å². The van der Waals surface area contributed by atoms with Gasteiger partial charge in [-0.25, -0.2) is 19.5 Å². The number of aliphatic imine (C=N–C) groups is 1. The number of thiazole rings is 1. The van der Waals surface area contributed by atoms with Crippen LogP contribution in [0.25, 0.3) is 5.69 Å². The fourth-order valence-corrected chi connectivity index (χ4v) is 3.93. The van der Waals surface area contributed by atoms with Crippen molar-refractivity contribution in [1.82, 2.24) is 25.4 Å². The number of hydrogen-bond donors (Lipinski definition) is 2. The Labute approximate surface area is 209 Å². The zero-order chi connectivity index (χ0) is 22.2. The molecule has 1 aromatic carbocycles. The van der Waals surface area contributed by atoms with Crippen molar-refractivity contribution in [3.8, 4) is 5.69 Å². The molecule has 0 radical (unpaired) electrons. The number of nitrogens with zero attached hydrogens (tertiary/aromatic N) is 4. The van der Waals surface area contributed by atoms with Gasteiger partial charge in [-0.2, -0.15) is 5.10 Å². The first-order chi connectivity index (χ1) is 15.0. The summed E-state index contributed by atoms with van der Waals surface area (Å²) in [5.41, 5.74) is 2.76. The second-order valence-electron chi connectivity index (χ2n) is 6.87. The van der Waals surface area contributed by atoms with Crippen molar-refractivity contribution < 1.29 is 9.53 Å². The maximum absolute atomic E-state index is 12.1. The molecule has 32 heavy (non-hydrogen) atoms. The van der Waals surface area contributed by atoms with E-state index in [1.165, 1.54) is 11.3 Å². The van der Waals surface area contributed by atoms with E-state index in [1.807, 2.05) is 55.9 Å². The van der Waals surface area contributed by atoms with Gasteiger partial charge < -0.3 is 15.4 Å². The molecule has 0 fully saturated rings. The Balaban J connectivity index is 0.00000363. The molecule has 1 atom stereocenters. The lowest BCUT2D eigenvalue weighted by molar-refractivity contribution is 0.0531. The normalized spacial score (nSPS) is 12.1. The SMILES string of the molecule is CCNC(=NCc1cccc(-n2cccn2)c1)NC(C)c1nc(C)c(C(=O)OCC)s1.I. The summed E-state index contributed by atoms with van der Waals surface area (Å²) in [7, 11) is 0. The van der Waals surface area contributed by atoms with Crippen molar-refractivity contribution in [3.63, 3.8) is 0 Å². The topological polar surface area (TPSA) is 93.4 Å². The predicted octanol–water partition coefficient (Wildman–Crippen LogP) is 4.25. The lowest BCUT2D eigenvalue weighted by atomic mass is 10.2. The van der Waals surface area contributed by atoms with E-state index < -0.39 is 0 Å². The third-order valence-electron chi connectivity index (χ3n) is 4.44. The zero-order valence-corrected chi connectivity index (χ0v) is 21.8. The maximum Gasteiger partial charge on any atom is 0.350 e. The molecule has 172 valence electrons. The highest BCUT2D eigenvalue weighted by Gasteiger charge is 2.20. The van der Waals surface area contributed by atoms with Crippen molar-refractivity contribution in [2.24, 2.45) is 4.99 Å². The Morgan fingerprint density at radius 3 is 2.81 bits per heavy atom. The Hall–Kier alpha value is -2.47. The molecule has 0 saturated carbocycles. The Bertz CT molecular complexity index is 1030. The van der Waals surface area contributed by atoms with E-state index in [1.54, 1.807) is 13.1 Å². The summed E-state index contributed by atoms with van der Waals surface area (Å²) in [5, 5.41) is 11.7. The lowest BCUT2D eigenvalue weighted by Crippen LogP contribution is -2.38. The minimum atomic E-state index is -0.325. The summed E-state index contributed by atoms with van der Waals surface area (Å²) in [4.78, 5) is 21.9. The number of halogens is 1. The van der Waals surface area contributed by atoms with E-state index in [4.69, 9.17) is 9.73 Å². The molecule has 3 aromatic rings. The minimum Gasteiger partial charge on any atom is -0.462 e. The number of guanidine groups is 1. The van der Waals surface area contributed by atoms with Gasteiger partial charge in [0, 0.05) is 18.9 Å². The molecule has 0 aliphatic heterocycles. The summed E-state index contributed by atoms with van der Waals surface area (Å²) in [6.45, 7) is 9.23. The molecule has 3 rings (SSSR count). The zero-order valence-electron chi connectivity index (χ0n) is 18.7. The van der Waals surface area contributed by atoms with Crippen LogP contribution in [-0.2, 0) is 11.3 Å². The molecular formula is C22H29IN6O2S. The summed E-state index contributed by atoms with van der Waals surface area (Å²) in [6.07, 6.45) is 3.67. The number of aromatic nitrogens is 3. The molecule has 0 bridgehead atoms. The van der Waals surface area contributed by atoms with E-state index in [-0.39, 0.29) is 36.0 Å². The van der Waals surface area contributed by atoms with Crippen LogP contribution in [-0.4, -0.2) is 39.8 Å². The van der Waals surface area contributed by atoms with Crippen LogP contribution < -0.4 is 10.6 Å². The van der Waals surface area contributed by atoms with Gasteiger partial charge in [-0.15, -0.1) is 35.3 Å². The molecule has 2 heterocycles. The Kier molecular flexibility index (Phi) is 10.1. The highest BCUT2D eigenvalue weighted by Crippen LogP contribution is 2.24. The molecule has 1 unspecified atom stereocenters. The summed E-state index contributed by atoms with van der Waals surface area (Å²) < 4.78 is 6.94. The highest BCUT2D eigenvalue weighted by molar-refractivity contribution is 14.0. The van der Waals surface area contributed by atoms with Gasteiger partial charge in [-0.3, -0.25) is 0 Å². The average Bonchev–Trinajstić information content (AvgIpc) is 3.43. The molecule has 0 spiro atoms. The van der Waals surface area contributed by atoms with Crippen LogP contribution in [0.2, 0.25) is 0 Å². The number of ether oxygens (including phenoxy) is 1. The number of rotatable bonds is 8. The first-order valence-electron chi connectivity index (χ1n) is 10.3. The number of aryl methyl sites for hydroxylation is 1. The quantitative estimate of drug-likeness (QED) is 0.183. The van der Waals surface area contributed by atoms with E-state index in [2.05, 4.69) is 26.8 Å². The van der Waals surface area contributed by atoms with Gasteiger partial charge in [0.05, 0.1) is 30.6 Å². The van der Waals surface area contributed by atoms with Gasteiger partial charge in [0.2, 0.25) is 0 Å².